The number of amides is 1. The van der Waals surface area contributed by atoms with Gasteiger partial charge in [-0.25, -0.2) is 4.68 Å². The minimum Gasteiger partial charge on any atom is -0.366 e. The standard InChI is InChI=1S/C13H12IN3O2/c1-8-4-9(13(15)19)2-3-10(8)7-17-12(18)5-11(14)6-16-17/h2-6H,7H2,1H3,(H2,15,19). The Labute approximate surface area is 123 Å². The van der Waals surface area contributed by atoms with Gasteiger partial charge in [0.25, 0.3) is 5.56 Å². The molecule has 0 aliphatic heterocycles. The van der Waals surface area contributed by atoms with E-state index in [0.717, 1.165) is 14.7 Å². The summed E-state index contributed by atoms with van der Waals surface area (Å²) >= 11 is 2.04. The molecule has 2 rings (SSSR count). The number of rotatable bonds is 3. The highest BCUT2D eigenvalue weighted by atomic mass is 127. The molecule has 0 aliphatic carbocycles. The third-order valence-corrected chi connectivity index (χ3v) is 3.37. The minimum absolute atomic E-state index is 0.148. The fourth-order valence-electron chi connectivity index (χ4n) is 1.72. The summed E-state index contributed by atoms with van der Waals surface area (Å²) < 4.78 is 2.19. The number of benzene rings is 1. The molecule has 0 saturated heterocycles. The smallest absolute Gasteiger partial charge is 0.268 e. The summed E-state index contributed by atoms with van der Waals surface area (Å²) in [5, 5.41) is 4.08. The Kier molecular flexibility index (Phi) is 3.98. The van der Waals surface area contributed by atoms with E-state index in [1.165, 1.54) is 10.7 Å². The number of carbonyl (C=O) groups excluding carboxylic acids is 1. The van der Waals surface area contributed by atoms with Crippen molar-refractivity contribution in [2.24, 2.45) is 5.73 Å². The number of aromatic nitrogens is 2. The predicted octanol–water partition coefficient (Wildman–Crippen LogP) is 1.30. The van der Waals surface area contributed by atoms with Crippen molar-refractivity contribution in [3.05, 3.63) is 61.1 Å². The second kappa shape index (κ2) is 5.52. The van der Waals surface area contributed by atoms with Crippen molar-refractivity contribution in [2.75, 3.05) is 0 Å². The first-order chi connectivity index (χ1) is 8.97. The zero-order chi connectivity index (χ0) is 14.0. The third kappa shape index (κ3) is 3.19. The summed E-state index contributed by atoms with van der Waals surface area (Å²) in [4.78, 5) is 22.8. The molecular weight excluding hydrogens is 357 g/mol. The van der Waals surface area contributed by atoms with Gasteiger partial charge in [-0.2, -0.15) is 5.10 Å². The van der Waals surface area contributed by atoms with Crippen LogP contribution in [-0.4, -0.2) is 15.7 Å². The molecule has 1 amide bonds. The quantitative estimate of drug-likeness (QED) is 0.829. The van der Waals surface area contributed by atoms with E-state index in [0.29, 0.717) is 12.1 Å². The van der Waals surface area contributed by atoms with Gasteiger partial charge < -0.3 is 5.73 Å². The molecule has 0 unspecified atom stereocenters. The minimum atomic E-state index is -0.459. The van der Waals surface area contributed by atoms with Gasteiger partial charge >= 0.3 is 0 Å². The Bertz CT molecular complexity index is 695. The number of primary amides is 1. The van der Waals surface area contributed by atoms with Crippen LogP contribution in [-0.2, 0) is 6.54 Å². The summed E-state index contributed by atoms with van der Waals surface area (Å²) in [7, 11) is 0. The largest absolute Gasteiger partial charge is 0.366 e. The number of hydrogen-bond acceptors (Lipinski definition) is 3. The number of carbonyl (C=O) groups is 1. The van der Waals surface area contributed by atoms with Crippen LogP contribution in [0.4, 0.5) is 0 Å². The molecule has 6 heteroatoms. The normalized spacial score (nSPS) is 10.4. The van der Waals surface area contributed by atoms with Crippen LogP contribution in [0.15, 0.2) is 35.3 Å². The van der Waals surface area contributed by atoms with Crippen molar-refractivity contribution >= 4 is 28.5 Å². The van der Waals surface area contributed by atoms with Gasteiger partial charge in [0.05, 0.1) is 12.7 Å². The van der Waals surface area contributed by atoms with Crippen LogP contribution in [0.1, 0.15) is 21.5 Å². The molecule has 1 aromatic heterocycles. The van der Waals surface area contributed by atoms with Crippen LogP contribution >= 0.6 is 22.6 Å². The van der Waals surface area contributed by atoms with E-state index < -0.39 is 5.91 Å². The van der Waals surface area contributed by atoms with Crippen LogP contribution < -0.4 is 11.3 Å². The van der Waals surface area contributed by atoms with E-state index in [1.54, 1.807) is 24.4 Å². The lowest BCUT2D eigenvalue weighted by Gasteiger charge is -2.08. The lowest BCUT2D eigenvalue weighted by molar-refractivity contribution is 0.1000. The van der Waals surface area contributed by atoms with Crippen LogP contribution in [0.5, 0.6) is 0 Å². The number of aryl methyl sites for hydroxylation is 1. The number of nitrogens with two attached hydrogens (primary N) is 1. The van der Waals surface area contributed by atoms with Gasteiger partial charge in [-0.05, 0) is 52.8 Å². The highest BCUT2D eigenvalue weighted by Gasteiger charge is 2.06. The van der Waals surface area contributed by atoms with Gasteiger partial charge in [0.1, 0.15) is 0 Å². The maximum absolute atomic E-state index is 11.8. The molecule has 0 aliphatic rings. The van der Waals surface area contributed by atoms with Gasteiger partial charge in [-0.15, -0.1) is 0 Å². The number of halogens is 1. The number of hydrogen-bond donors (Lipinski definition) is 1. The first-order valence-electron chi connectivity index (χ1n) is 5.59. The molecule has 1 heterocycles. The Morgan fingerprint density at radius 2 is 2.16 bits per heavy atom. The Balaban J connectivity index is 2.33. The van der Waals surface area contributed by atoms with Gasteiger partial charge in [-0.3, -0.25) is 9.59 Å². The molecule has 0 fully saturated rings. The van der Waals surface area contributed by atoms with Crippen molar-refractivity contribution in [1.82, 2.24) is 9.78 Å². The van der Waals surface area contributed by atoms with Crippen molar-refractivity contribution in [2.45, 2.75) is 13.5 Å². The maximum Gasteiger partial charge on any atom is 0.268 e. The van der Waals surface area contributed by atoms with Crippen molar-refractivity contribution in [3.63, 3.8) is 0 Å². The van der Waals surface area contributed by atoms with E-state index >= 15 is 0 Å². The van der Waals surface area contributed by atoms with Crippen molar-refractivity contribution in [3.8, 4) is 0 Å². The maximum atomic E-state index is 11.8. The van der Waals surface area contributed by atoms with Crippen molar-refractivity contribution in [1.29, 1.82) is 0 Å². The molecular formula is C13H12IN3O2. The lowest BCUT2D eigenvalue weighted by atomic mass is 10.0. The van der Waals surface area contributed by atoms with Gasteiger partial charge in [0.2, 0.25) is 5.91 Å². The molecule has 1 aromatic carbocycles. The molecule has 0 saturated carbocycles. The third-order valence-electron chi connectivity index (χ3n) is 2.78. The van der Waals surface area contributed by atoms with E-state index in [1.807, 2.05) is 29.5 Å². The molecule has 98 valence electrons. The monoisotopic (exact) mass is 369 g/mol. The Hall–Kier alpha value is -1.70. The topological polar surface area (TPSA) is 78.0 Å². The molecule has 0 spiro atoms. The molecule has 2 aromatic rings. The van der Waals surface area contributed by atoms with E-state index in [9.17, 15) is 9.59 Å². The fraction of sp³-hybridized carbons (Fsp3) is 0.154. The van der Waals surface area contributed by atoms with Crippen LogP contribution in [0.2, 0.25) is 0 Å². The highest BCUT2D eigenvalue weighted by Crippen LogP contribution is 2.11. The van der Waals surface area contributed by atoms with Crippen LogP contribution in [0, 0.1) is 10.5 Å². The second-order valence-electron chi connectivity index (χ2n) is 4.18. The summed E-state index contributed by atoms with van der Waals surface area (Å²) in [6.07, 6.45) is 1.63. The first kappa shape index (κ1) is 13.7. The van der Waals surface area contributed by atoms with Crippen molar-refractivity contribution < 1.29 is 4.79 Å². The summed E-state index contributed by atoms with van der Waals surface area (Å²) in [5.41, 5.74) is 7.37. The zero-order valence-electron chi connectivity index (χ0n) is 10.3. The molecule has 0 radical (unpaired) electrons. The summed E-state index contributed by atoms with van der Waals surface area (Å²) in [6.45, 7) is 2.25. The fourth-order valence-corrected chi connectivity index (χ4v) is 2.11. The zero-order valence-corrected chi connectivity index (χ0v) is 12.4. The average Bonchev–Trinajstić information content (AvgIpc) is 2.34. The second-order valence-corrected chi connectivity index (χ2v) is 5.42. The number of nitrogens with zero attached hydrogens (tertiary/aromatic N) is 2. The SMILES string of the molecule is Cc1cc(C(N)=O)ccc1Cn1ncc(I)cc1=O. The highest BCUT2D eigenvalue weighted by molar-refractivity contribution is 14.1. The first-order valence-corrected chi connectivity index (χ1v) is 6.67. The Morgan fingerprint density at radius 3 is 2.74 bits per heavy atom. The molecule has 0 atom stereocenters. The molecule has 19 heavy (non-hydrogen) atoms. The van der Waals surface area contributed by atoms with Gasteiger partial charge in [-0.1, -0.05) is 6.07 Å². The average molecular weight is 369 g/mol. The Morgan fingerprint density at radius 1 is 1.42 bits per heavy atom. The summed E-state index contributed by atoms with van der Waals surface area (Å²) in [5.74, 6) is -0.459. The van der Waals surface area contributed by atoms with E-state index in [-0.39, 0.29) is 5.56 Å². The van der Waals surface area contributed by atoms with Gasteiger partial charge in [0.15, 0.2) is 0 Å². The summed E-state index contributed by atoms with van der Waals surface area (Å²) in [6, 6.07) is 6.69. The van der Waals surface area contributed by atoms with Crippen LogP contribution in [0.3, 0.4) is 0 Å². The molecule has 5 nitrogen and oxygen atoms in total. The van der Waals surface area contributed by atoms with E-state index in [4.69, 9.17) is 5.73 Å². The molecule has 0 bridgehead atoms. The van der Waals surface area contributed by atoms with E-state index in [2.05, 4.69) is 5.10 Å². The van der Waals surface area contributed by atoms with Crippen LogP contribution in [0.25, 0.3) is 0 Å². The van der Waals surface area contributed by atoms with Gasteiger partial charge in [0, 0.05) is 15.2 Å². The lowest BCUT2D eigenvalue weighted by Crippen LogP contribution is -2.23. The predicted molar refractivity (Wildman–Crippen MR) is 80.0 cm³/mol. The molecule has 2 N–H and O–H groups in total.